The van der Waals surface area contributed by atoms with Crippen molar-refractivity contribution in [1.82, 2.24) is 19.4 Å². The molecule has 0 unspecified atom stereocenters. The zero-order valence-corrected chi connectivity index (χ0v) is 23.3. The molecule has 7 nitrogen and oxygen atoms in total. The lowest BCUT2D eigenvalue weighted by Gasteiger charge is -2.34. The molecule has 8 heteroatoms. The highest BCUT2D eigenvalue weighted by Gasteiger charge is 2.28. The van der Waals surface area contributed by atoms with Gasteiger partial charge >= 0.3 is 0 Å². The zero-order valence-electron chi connectivity index (χ0n) is 22.5. The van der Waals surface area contributed by atoms with Crippen molar-refractivity contribution < 1.29 is 13.2 Å². The number of benzene rings is 3. The highest BCUT2D eigenvalue weighted by atomic mass is 32.2. The molecule has 2 heterocycles. The SMILES string of the molecule is O=C(NCc1cccc(CN2CCCCC2)c1)c1cccc(CN2CCN(S(=O)(=O)c3ccccc3)CC2)c1. The highest BCUT2D eigenvalue weighted by molar-refractivity contribution is 7.89. The minimum atomic E-state index is -3.46. The lowest BCUT2D eigenvalue weighted by Crippen LogP contribution is -2.48. The Balaban J connectivity index is 1.12. The average Bonchev–Trinajstić information content (AvgIpc) is 2.97. The molecule has 206 valence electrons. The number of hydrogen-bond donors (Lipinski definition) is 1. The Morgan fingerprint density at radius 1 is 0.667 bits per heavy atom. The fourth-order valence-corrected chi connectivity index (χ4v) is 6.88. The third kappa shape index (κ3) is 7.33. The molecule has 0 aliphatic carbocycles. The van der Waals surface area contributed by atoms with Gasteiger partial charge in [0, 0.05) is 51.4 Å². The molecule has 0 radical (unpaired) electrons. The molecule has 2 aliphatic heterocycles. The van der Waals surface area contributed by atoms with Crippen molar-refractivity contribution in [3.8, 4) is 0 Å². The Morgan fingerprint density at radius 3 is 2.00 bits per heavy atom. The summed E-state index contributed by atoms with van der Waals surface area (Å²) < 4.78 is 27.4. The van der Waals surface area contributed by atoms with Gasteiger partial charge in [-0.15, -0.1) is 0 Å². The largest absolute Gasteiger partial charge is 0.348 e. The van der Waals surface area contributed by atoms with Crippen molar-refractivity contribution in [2.45, 2.75) is 43.8 Å². The molecule has 0 bridgehead atoms. The zero-order chi connectivity index (χ0) is 27.1. The van der Waals surface area contributed by atoms with Crippen LogP contribution in [0, 0.1) is 0 Å². The molecule has 1 amide bonds. The maximum atomic E-state index is 12.9. The van der Waals surface area contributed by atoms with Crippen molar-refractivity contribution in [3.05, 3.63) is 101 Å². The monoisotopic (exact) mass is 546 g/mol. The Morgan fingerprint density at radius 2 is 1.28 bits per heavy atom. The van der Waals surface area contributed by atoms with Gasteiger partial charge in [0.05, 0.1) is 4.90 Å². The molecule has 1 N–H and O–H groups in total. The summed E-state index contributed by atoms with van der Waals surface area (Å²) in [5.41, 5.74) is 4.09. The van der Waals surface area contributed by atoms with Gasteiger partial charge in [0.1, 0.15) is 0 Å². The van der Waals surface area contributed by atoms with Gasteiger partial charge in [-0.25, -0.2) is 8.42 Å². The molecule has 0 saturated carbocycles. The number of carbonyl (C=O) groups excluding carboxylic acids is 1. The van der Waals surface area contributed by atoms with E-state index < -0.39 is 10.0 Å². The molecule has 2 fully saturated rings. The number of likely N-dealkylation sites (tertiary alicyclic amines) is 1. The first-order chi connectivity index (χ1) is 19.0. The van der Waals surface area contributed by atoms with Crippen molar-refractivity contribution in [2.75, 3.05) is 39.3 Å². The molecule has 0 aromatic heterocycles. The van der Waals surface area contributed by atoms with E-state index in [0.29, 0.717) is 49.7 Å². The average molecular weight is 547 g/mol. The first kappa shape index (κ1) is 27.5. The van der Waals surface area contributed by atoms with Crippen LogP contribution in [-0.2, 0) is 29.7 Å². The molecule has 5 rings (SSSR count). The Hall–Kier alpha value is -3.04. The van der Waals surface area contributed by atoms with E-state index in [-0.39, 0.29) is 5.91 Å². The Bertz CT molecular complexity index is 1350. The molecular weight excluding hydrogens is 508 g/mol. The summed E-state index contributed by atoms with van der Waals surface area (Å²) in [6, 6.07) is 24.8. The van der Waals surface area contributed by atoms with Gasteiger partial charge < -0.3 is 5.32 Å². The van der Waals surface area contributed by atoms with Crippen LogP contribution in [-0.4, -0.2) is 67.7 Å². The van der Waals surface area contributed by atoms with E-state index in [9.17, 15) is 13.2 Å². The first-order valence-electron chi connectivity index (χ1n) is 13.9. The highest BCUT2D eigenvalue weighted by Crippen LogP contribution is 2.19. The lowest BCUT2D eigenvalue weighted by atomic mass is 10.1. The number of rotatable bonds is 9. The summed E-state index contributed by atoms with van der Waals surface area (Å²) in [6.45, 7) is 6.68. The van der Waals surface area contributed by atoms with E-state index >= 15 is 0 Å². The van der Waals surface area contributed by atoms with E-state index in [4.69, 9.17) is 0 Å². The van der Waals surface area contributed by atoms with Crippen LogP contribution >= 0.6 is 0 Å². The number of piperidine rings is 1. The van der Waals surface area contributed by atoms with Gasteiger partial charge in [0.25, 0.3) is 5.91 Å². The number of carbonyl (C=O) groups is 1. The maximum Gasteiger partial charge on any atom is 0.251 e. The molecule has 3 aromatic carbocycles. The van der Waals surface area contributed by atoms with Crippen LogP contribution < -0.4 is 5.32 Å². The molecule has 0 atom stereocenters. The van der Waals surface area contributed by atoms with E-state index in [1.165, 1.54) is 37.9 Å². The van der Waals surface area contributed by atoms with Gasteiger partial charge in [-0.2, -0.15) is 4.31 Å². The fourth-order valence-electron chi connectivity index (χ4n) is 5.44. The van der Waals surface area contributed by atoms with Crippen molar-refractivity contribution in [1.29, 1.82) is 0 Å². The van der Waals surface area contributed by atoms with Crippen molar-refractivity contribution in [2.24, 2.45) is 0 Å². The van der Waals surface area contributed by atoms with Crippen LogP contribution in [0.4, 0.5) is 0 Å². The van der Waals surface area contributed by atoms with Crippen LogP contribution in [0.5, 0.6) is 0 Å². The summed E-state index contributed by atoms with van der Waals surface area (Å²) >= 11 is 0. The predicted octanol–water partition coefficient (Wildman–Crippen LogP) is 4.11. The number of sulfonamides is 1. The minimum Gasteiger partial charge on any atom is -0.348 e. The summed E-state index contributed by atoms with van der Waals surface area (Å²) in [6.07, 6.45) is 3.89. The fraction of sp³-hybridized carbons (Fsp3) is 0.387. The quantitative estimate of drug-likeness (QED) is 0.437. The Kier molecular flexibility index (Phi) is 9.09. The minimum absolute atomic E-state index is 0.0861. The normalized spacial score (nSPS) is 17.6. The van der Waals surface area contributed by atoms with Gasteiger partial charge in [0.15, 0.2) is 0 Å². The first-order valence-corrected chi connectivity index (χ1v) is 15.4. The number of nitrogens with zero attached hydrogens (tertiary/aromatic N) is 3. The smallest absolute Gasteiger partial charge is 0.251 e. The van der Waals surface area contributed by atoms with Crippen LogP contribution in [0.3, 0.4) is 0 Å². The van der Waals surface area contributed by atoms with Crippen LogP contribution in [0.2, 0.25) is 0 Å². The number of piperazine rings is 1. The van der Waals surface area contributed by atoms with E-state index in [1.54, 1.807) is 28.6 Å². The molecule has 0 spiro atoms. The standard InChI is InChI=1S/C31H38N4O3S/c36-31(32-23-26-9-7-10-27(21-26)24-33-15-5-2-6-16-33)29-12-8-11-28(22-29)25-34-17-19-35(20-18-34)39(37,38)30-13-3-1-4-14-30/h1,3-4,7-14,21-22H,2,5-6,15-20,23-25H2,(H,32,36). The molecule has 3 aromatic rings. The van der Waals surface area contributed by atoms with Crippen molar-refractivity contribution >= 4 is 15.9 Å². The third-order valence-electron chi connectivity index (χ3n) is 7.61. The van der Waals surface area contributed by atoms with Crippen LogP contribution in [0.1, 0.15) is 46.3 Å². The van der Waals surface area contributed by atoms with Gasteiger partial charge in [0.2, 0.25) is 10.0 Å². The van der Waals surface area contributed by atoms with E-state index in [1.807, 2.05) is 30.3 Å². The summed E-state index contributed by atoms with van der Waals surface area (Å²) in [5, 5.41) is 3.08. The summed E-state index contributed by atoms with van der Waals surface area (Å²) in [4.78, 5) is 18.0. The molecular formula is C31H38N4O3S. The second kappa shape index (κ2) is 12.9. The lowest BCUT2D eigenvalue weighted by molar-refractivity contribution is 0.0950. The van der Waals surface area contributed by atoms with Gasteiger partial charge in [-0.1, -0.05) is 61.0 Å². The number of amides is 1. The van der Waals surface area contributed by atoms with Crippen molar-refractivity contribution in [3.63, 3.8) is 0 Å². The van der Waals surface area contributed by atoms with Gasteiger partial charge in [-0.3, -0.25) is 14.6 Å². The number of nitrogens with one attached hydrogen (secondary N) is 1. The Labute approximate surface area is 232 Å². The summed E-state index contributed by atoms with van der Waals surface area (Å²) in [7, 11) is -3.46. The number of hydrogen-bond acceptors (Lipinski definition) is 5. The van der Waals surface area contributed by atoms with E-state index in [0.717, 1.165) is 17.7 Å². The van der Waals surface area contributed by atoms with Gasteiger partial charge in [-0.05, 0) is 66.9 Å². The topological polar surface area (TPSA) is 73.0 Å². The van der Waals surface area contributed by atoms with Crippen LogP contribution in [0.25, 0.3) is 0 Å². The molecule has 39 heavy (non-hydrogen) atoms. The predicted molar refractivity (Wildman–Crippen MR) is 154 cm³/mol. The maximum absolute atomic E-state index is 12.9. The second-order valence-corrected chi connectivity index (χ2v) is 12.5. The second-order valence-electron chi connectivity index (χ2n) is 10.5. The molecule has 2 saturated heterocycles. The van der Waals surface area contributed by atoms with Crippen LogP contribution in [0.15, 0.2) is 83.8 Å². The summed E-state index contributed by atoms with van der Waals surface area (Å²) in [5.74, 6) is -0.0861. The third-order valence-corrected chi connectivity index (χ3v) is 9.52. The van der Waals surface area contributed by atoms with E-state index in [2.05, 4.69) is 39.4 Å². The molecule has 2 aliphatic rings.